The average Bonchev–Trinajstić information content (AvgIpc) is 2.94. The van der Waals surface area contributed by atoms with Gasteiger partial charge in [-0.3, -0.25) is 0 Å². The second-order valence-electron chi connectivity index (χ2n) is 4.27. The summed E-state index contributed by atoms with van der Waals surface area (Å²) in [5, 5.41) is 13.4. The SMILES string of the molecule is O=C(O)c1c(-c2ccccc2)noc1-c1ccccc1. The van der Waals surface area contributed by atoms with Crippen molar-refractivity contribution in [3.8, 4) is 22.6 Å². The normalized spacial score (nSPS) is 10.4. The molecule has 1 heterocycles. The molecule has 0 unspecified atom stereocenters. The Balaban J connectivity index is 2.20. The van der Waals surface area contributed by atoms with Gasteiger partial charge in [0.25, 0.3) is 0 Å². The number of aromatic nitrogens is 1. The van der Waals surface area contributed by atoms with Gasteiger partial charge >= 0.3 is 5.97 Å². The van der Waals surface area contributed by atoms with Crippen LogP contribution in [0.3, 0.4) is 0 Å². The van der Waals surface area contributed by atoms with Crippen molar-refractivity contribution >= 4 is 5.97 Å². The summed E-state index contributed by atoms with van der Waals surface area (Å²) in [7, 11) is 0. The number of aromatic carboxylic acids is 1. The summed E-state index contributed by atoms with van der Waals surface area (Å²) < 4.78 is 5.27. The lowest BCUT2D eigenvalue weighted by Crippen LogP contribution is -1.99. The van der Waals surface area contributed by atoms with Gasteiger partial charge in [0, 0.05) is 11.1 Å². The average molecular weight is 265 g/mol. The Morgan fingerprint density at radius 3 is 2.00 bits per heavy atom. The second-order valence-corrected chi connectivity index (χ2v) is 4.27. The van der Waals surface area contributed by atoms with Gasteiger partial charge in [0.15, 0.2) is 5.76 Å². The zero-order valence-electron chi connectivity index (χ0n) is 10.5. The predicted molar refractivity (Wildman–Crippen MR) is 74.3 cm³/mol. The van der Waals surface area contributed by atoms with Gasteiger partial charge in [0.1, 0.15) is 11.3 Å². The number of rotatable bonds is 3. The standard InChI is InChI=1S/C16H11NO3/c18-16(19)13-14(11-7-3-1-4-8-11)17-20-15(13)12-9-5-2-6-10-12/h1-10H,(H,18,19). The molecule has 4 nitrogen and oxygen atoms in total. The maximum Gasteiger partial charge on any atom is 0.342 e. The summed E-state index contributed by atoms with van der Waals surface area (Å²) in [5.41, 5.74) is 1.84. The molecule has 0 fully saturated rings. The Morgan fingerprint density at radius 2 is 1.45 bits per heavy atom. The van der Waals surface area contributed by atoms with E-state index in [2.05, 4.69) is 5.16 Å². The number of carbonyl (C=O) groups is 1. The van der Waals surface area contributed by atoms with Crippen LogP contribution < -0.4 is 0 Å². The van der Waals surface area contributed by atoms with Gasteiger partial charge in [-0.2, -0.15) is 0 Å². The zero-order valence-corrected chi connectivity index (χ0v) is 10.5. The molecule has 0 bridgehead atoms. The molecular formula is C16H11NO3. The first kappa shape index (κ1) is 12.2. The van der Waals surface area contributed by atoms with Gasteiger partial charge in [-0.15, -0.1) is 0 Å². The summed E-state index contributed by atoms with van der Waals surface area (Å²) in [6.45, 7) is 0. The maximum absolute atomic E-state index is 11.6. The molecule has 2 aromatic carbocycles. The van der Waals surface area contributed by atoms with Crippen molar-refractivity contribution in [2.75, 3.05) is 0 Å². The summed E-state index contributed by atoms with van der Waals surface area (Å²) in [6, 6.07) is 18.2. The van der Waals surface area contributed by atoms with Gasteiger partial charge in [0.05, 0.1) is 0 Å². The van der Waals surface area contributed by atoms with Crippen LogP contribution in [0.4, 0.5) is 0 Å². The molecule has 1 N–H and O–H groups in total. The highest BCUT2D eigenvalue weighted by molar-refractivity contribution is 6.00. The summed E-state index contributed by atoms with van der Waals surface area (Å²) in [5.74, 6) is -0.777. The third-order valence-electron chi connectivity index (χ3n) is 2.99. The van der Waals surface area contributed by atoms with Crippen LogP contribution in [0.5, 0.6) is 0 Å². The van der Waals surface area contributed by atoms with Gasteiger partial charge in [-0.1, -0.05) is 65.8 Å². The first-order valence-electron chi connectivity index (χ1n) is 6.11. The molecule has 3 aromatic rings. The first-order chi connectivity index (χ1) is 9.77. The summed E-state index contributed by atoms with van der Waals surface area (Å²) in [6.07, 6.45) is 0. The van der Waals surface area contributed by atoms with Crippen molar-refractivity contribution in [2.24, 2.45) is 0 Å². The topological polar surface area (TPSA) is 63.3 Å². The Kier molecular flexibility index (Phi) is 3.05. The van der Waals surface area contributed by atoms with E-state index in [1.54, 1.807) is 24.3 Å². The second kappa shape index (κ2) is 5.01. The van der Waals surface area contributed by atoms with Crippen molar-refractivity contribution in [1.29, 1.82) is 0 Å². The van der Waals surface area contributed by atoms with Gasteiger partial charge in [-0.25, -0.2) is 4.79 Å². The van der Waals surface area contributed by atoms with Crippen molar-refractivity contribution in [3.63, 3.8) is 0 Å². The van der Waals surface area contributed by atoms with Gasteiger partial charge in [0.2, 0.25) is 0 Å². The highest BCUT2D eigenvalue weighted by Crippen LogP contribution is 2.31. The maximum atomic E-state index is 11.6. The predicted octanol–water partition coefficient (Wildman–Crippen LogP) is 3.71. The molecule has 0 spiro atoms. The van der Waals surface area contributed by atoms with Crippen LogP contribution in [-0.2, 0) is 0 Å². The Hall–Kier alpha value is -2.88. The summed E-state index contributed by atoms with van der Waals surface area (Å²) >= 11 is 0. The molecule has 0 saturated carbocycles. The van der Waals surface area contributed by atoms with Crippen LogP contribution in [-0.4, -0.2) is 16.2 Å². The molecule has 0 saturated heterocycles. The van der Waals surface area contributed by atoms with Crippen LogP contribution in [0.1, 0.15) is 10.4 Å². The molecule has 0 aliphatic heterocycles. The van der Waals surface area contributed by atoms with E-state index >= 15 is 0 Å². The monoisotopic (exact) mass is 265 g/mol. The molecule has 3 rings (SSSR count). The van der Waals surface area contributed by atoms with Crippen molar-refractivity contribution in [3.05, 3.63) is 66.2 Å². The van der Waals surface area contributed by atoms with E-state index in [1.165, 1.54) is 0 Å². The molecule has 20 heavy (non-hydrogen) atoms. The lowest BCUT2D eigenvalue weighted by atomic mass is 10.0. The van der Waals surface area contributed by atoms with E-state index in [1.807, 2.05) is 36.4 Å². The minimum absolute atomic E-state index is 0.0856. The minimum Gasteiger partial charge on any atom is -0.477 e. The molecule has 0 amide bonds. The fraction of sp³-hybridized carbons (Fsp3) is 0. The van der Waals surface area contributed by atoms with E-state index in [0.717, 1.165) is 5.56 Å². The Bertz CT molecular complexity index is 676. The number of carboxylic acid groups (broad SMARTS) is 1. The quantitative estimate of drug-likeness (QED) is 0.784. The van der Waals surface area contributed by atoms with Crippen LogP contribution >= 0.6 is 0 Å². The molecule has 1 aromatic heterocycles. The van der Waals surface area contributed by atoms with Crippen LogP contribution in [0.15, 0.2) is 65.2 Å². The fourth-order valence-corrected chi connectivity index (χ4v) is 2.07. The van der Waals surface area contributed by atoms with Crippen molar-refractivity contribution < 1.29 is 14.4 Å². The highest BCUT2D eigenvalue weighted by atomic mass is 16.5. The molecule has 98 valence electrons. The number of hydrogen-bond acceptors (Lipinski definition) is 3. The number of carboxylic acids is 1. The lowest BCUT2D eigenvalue weighted by Gasteiger charge is -1.99. The van der Waals surface area contributed by atoms with Crippen LogP contribution in [0.25, 0.3) is 22.6 Å². The first-order valence-corrected chi connectivity index (χ1v) is 6.11. The lowest BCUT2D eigenvalue weighted by molar-refractivity contribution is 0.0698. The molecular weight excluding hydrogens is 254 g/mol. The molecule has 4 heteroatoms. The zero-order chi connectivity index (χ0) is 13.9. The van der Waals surface area contributed by atoms with E-state index in [-0.39, 0.29) is 11.3 Å². The number of hydrogen-bond donors (Lipinski definition) is 1. The third-order valence-corrected chi connectivity index (χ3v) is 2.99. The van der Waals surface area contributed by atoms with Crippen molar-refractivity contribution in [1.82, 2.24) is 5.16 Å². The van der Waals surface area contributed by atoms with Crippen molar-refractivity contribution in [2.45, 2.75) is 0 Å². The molecule has 0 radical (unpaired) electrons. The molecule has 0 atom stereocenters. The van der Waals surface area contributed by atoms with Gasteiger partial charge in [-0.05, 0) is 0 Å². The van der Waals surface area contributed by atoms with Crippen LogP contribution in [0.2, 0.25) is 0 Å². The summed E-state index contributed by atoms with van der Waals surface area (Å²) in [4.78, 5) is 11.6. The number of benzene rings is 2. The Morgan fingerprint density at radius 1 is 0.900 bits per heavy atom. The van der Waals surface area contributed by atoms with Crippen LogP contribution in [0, 0.1) is 0 Å². The highest BCUT2D eigenvalue weighted by Gasteiger charge is 2.24. The minimum atomic E-state index is -1.05. The van der Waals surface area contributed by atoms with Gasteiger partial charge < -0.3 is 9.63 Å². The largest absolute Gasteiger partial charge is 0.477 e. The Labute approximate surface area is 115 Å². The van der Waals surface area contributed by atoms with E-state index in [9.17, 15) is 9.90 Å². The van der Waals surface area contributed by atoms with E-state index in [4.69, 9.17) is 4.52 Å². The number of nitrogens with zero attached hydrogens (tertiary/aromatic N) is 1. The smallest absolute Gasteiger partial charge is 0.342 e. The third kappa shape index (κ3) is 2.07. The fourth-order valence-electron chi connectivity index (χ4n) is 2.07. The molecule has 0 aliphatic rings. The van der Waals surface area contributed by atoms with E-state index < -0.39 is 5.97 Å². The molecule has 0 aliphatic carbocycles. The van der Waals surface area contributed by atoms with E-state index in [0.29, 0.717) is 11.3 Å².